The number of para-hydroxylation sites is 3. The van der Waals surface area contributed by atoms with Crippen molar-refractivity contribution in [1.29, 1.82) is 0 Å². The maximum Gasteiger partial charge on any atom is 0.223 e. The van der Waals surface area contributed by atoms with Crippen molar-refractivity contribution < 1.29 is 23.8 Å². The van der Waals surface area contributed by atoms with Gasteiger partial charge < -0.3 is 23.8 Å². The molecule has 1 heterocycles. The van der Waals surface area contributed by atoms with E-state index < -0.39 is 5.97 Å². The molecule has 3 aromatic rings. The molecule has 6 nitrogen and oxygen atoms in total. The van der Waals surface area contributed by atoms with Crippen molar-refractivity contribution in [1.82, 2.24) is 4.98 Å². The number of fused-ring (bicyclic) bond motifs is 1. The number of rotatable bonds is 7. The molecule has 0 unspecified atom stereocenters. The van der Waals surface area contributed by atoms with Gasteiger partial charge in [0.25, 0.3) is 0 Å². The van der Waals surface area contributed by atoms with E-state index in [0.717, 1.165) is 0 Å². The molecular formula is C21H20NO5-. The maximum absolute atomic E-state index is 11.3. The van der Waals surface area contributed by atoms with Crippen molar-refractivity contribution in [2.24, 2.45) is 0 Å². The third-order valence-corrected chi connectivity index (χ3v) is 3.82. The highest BCUT2D eigenvalue weighted by Gasteiger charge is 2.15. The van der Waals surface area contributed by atoms with Gasteiger partial charge in [-0.3, -0.25) is 0 Å². The molecule has 0 aliphatic carbocycles. The molecule has 0 saturated carbocycles. The molecular weight excluding hydrogens is 346 g/mol. The number of nitrogens with zero attached hydrogens (tertiary/aromatic N) is 1. The maximum atomic E-state index is 11.3. The van der Waals surface area contributed by atoms with E-state index in [1.165, 1.54) is 0 Å². The van der Waals surface area contributed by atoms with Crippen LogP contribution >= 0.6 is 0 Å². The van der Waals surface area contributed by atoms with E-state index in [0.29, 0.717) is 33.7 Å². The Kier molecular flexibility index (Phi) is 5.45. The van der Waals surface area contributed by atoms with E-state index in [1.807, 2.05) is 32.0 Å². The predicted octanol–water partition coefficient (Wildman–Crippen LogP) is 3.30. The molecule has 0 fully saturated rings. The summed E-state index contributed by atoms with van der Waals surface area (Å²) in [6, 6.07) is 12.7. The highest BCUT2D eigenvalue weighted by molar-refractivity contribution is 5.91. The Morgan fingerprint density at radius 3 is 2.67 bits per heavy atom. The first kappa shape index (κ1) is 18.5. The fraction of sp³-hybridized carbons (Fsp3) is 0.238. The van der Waals surface area contributed by atoms with Crippen LogP contribution in [0.25, 0.3) is 22.7 Å². The second kappa shape index (κ2) is 7.95. The van der Waals surface area contributed by atoms with Crippen molar-refractivity contribution in [3.63, 3.8) is 0 Å². The van der Waals surface area contributed by atoms with E-state index in [4.69, 9.17) is 13.9 Å². The SMILES string of the molecule is COc1cccc(/C=C(\CC(=O)[O-])c2nc3ccccc3o2)c1OC(C)C. The van der Waals surface area contributed by atoms with Crippen LogP contribution in [-0.2, 0) is 4.79 Å². The highest BCUT2D eigenvalue weighted by Crippen LogP contribution is 2.35. The van der Waals surface area contributed by atoms with E-state index >= 15 is 0 Å². The van der Waals surface area contributed by atoms with Gasteiger partial charge in [-0.2, -0.15) is 0 Å². The molecule has 2 aromatic carbocycles. The Labute approximate surface area is 157 Å². The Bertz CT molecular complexity index is 954. The number of aliphatic carboxylic acids is 1. The van der Waals surface area contributed by atoms with Gasteiger partial charge in [0.15, 0.2) is 17.1 Å². The number of carboxylic acids is 1. The summed E-state index contributed by atoms with van der Waals surface area (Å²) >= 11 is 0. The molecule has 0 bridgehead atoms. The third kappa shape index (κ3) is 4.28. The van der Waals surface area contributed by atoms with Crippen LogP contribution in [0.15, 0.2) is 46.9 Å². The lowest BCUT2D eigenvalue weighted by Crippen LogP contribution is -2.22. The van der Waals surface area contributed by atoms with Gasteiger partial charge >= 0.3 is 0 Å². The first-order chi connectivity index (χ1) is 13.0. The van der Waals surface area contributed by atoms with Gasteiger partial charge in [0, 0.05) is 23.5 Å². The number of hydrogen-bond donors (Lipinski definition) is 0. The number of hydrogen-bond acceptors (Lipinski definition) is 6. The van der Waals surface area contributed by atoms with Crippen LogP contribution in [-0.4, -0.2) is 24.2 Å². The average molecular weight is 366 g/mol. The van der Waals surface area contributed by atoms with E-state index in [2.05, 4.69) is 4.98 Å². The van der Waals surface area contributed by atoms with Crippen molar-refractivity contribution in [3.05, 3.63) is 53.9 Å². The van der Waals surface area contributed by atoms with E-state index in [-0.39, 0.29) is 18.4 Å². The molecule has 1 aromatic heterocycles. The number of oxazole rings is 1. The van der Waals surface area contributed by atoms with Gasteiger partial charge in [-0.1, -0.05) is 24.3 Å². The summed E-state index contributed by atoms with van der Waals surface area (Å²) in [5, 5.41) is 11.3. The molecule has 0 N–H and O–H groups in total. The lowest BCUT2D eigenvalue weighted by Gasteiger charge is -2.16. The Morgan fingerprint density at radius 2 is 2.00 bits per heavy atom. The summed E-state index contributed by atoms with van der Waals surface area (Å²) in [6.45, 7) is 3.81. The van der Waals surface area contributed by atoms with Gasteiger partial charge in [-0.15, -0.1) is 0 Å². The molecule has 0 radical (unpaired) electrons. The smallest absolute Gasteiger partial charge is 0.223 e. The van der Waals surface area contributed by atoms with Crippen molar-refractivity contribution in [2.45, 2.75) is 26.4 Å². The number of carbonyl (C=O) groups excluding carboxylic acids is 1. The third-order valence-electron chi connectivity index (χ3n) is 3.82. The number of carboxylic acid groups (broad SMARTS) is 1. The molecule has 0 saturated heterocycles. The second-order valence-corrected chi connectivity index (χ2v) is 6.25. The minimum absolute atomic E-state index is 0.0811. The first-order valence-corrected chi connectivity index (χ1v) is 8.58. The number of methoxy groups -OCH3 is 1. The average Bonchev–Trinajstić information content (AvgIpc) is 3.06. The van der Waals surface area contributed by atoms with Gasteiger partial charge in [-0.25, -0.2) is 4.98 Å². The standard InChI is InChI=1S/C21H21NO5/c1-13(2)26-20-14(7-6-10-18(20)25-3)11-15(12-19(23)24)21-22-16-8-4-5-9-17(16)27-21/h4-11,13H,12H2,1-3H3,(H,23,24)/p-1/b15-11+. The van der Waals surface area contributed by atoms with Gasteiger partial charge in [0.1, 0.15) is 5.52 Å². The number of carbonyl (C=O) groups is 1. The van der Waals surface area contributed by atoms with Crippen molar-refractivity contribution in [2.75, 3.05) is 7.11 Å². The van der Waals surface area contributed by atoms with Crippen LogP contribution in [0.2, 0.25) is 0 Å². The number of aromatic nitrogens is 1. The largest absolute Gasteiger partial charge is 0.550 e. The van der Waals surface area contributed by atoms with Crippen LogP contribution in [0.5, 0.6) is 11.5 Å². The van der Waals surface area contributed by atoms with Crippen molar-refractivity contribution in [3.8, 4) is 11.5 Å². The zero-order chi connectivity index (χ0) is 19.4. The molecule has 0 atom stereocenters. The van der Waals surface area contributed by atoms with Crippen LogP contribution in [0.1, 0.15) is 31.7 Å². The fourth-order valence-corrected chi connectivity index (χ4v) is 2.71. The minimum Gasteiger partial charge on any atom is -0.550 e. The molecule has 3 rings (SSSR count). The number of ether oxygens (including phenoxy) is 2. The van der Waals surface area contributed by atoms with Gasteiger partial charge in [0.05, 0.1) is 13.2 Å². The Morgan fingerprint density at radius 1 is 1.22 bits per heavy atom. The molecule has 0 aliphatic rings. The summed E-state index contributed by atoms with van der Waals surface area (Å²) in [7, 11) is 1.55. The topological polar surface area (TPSA) is 84.6 Å². The molecule has 6 heteroatoms. The van der Waals surface area contributed by atoms with Crippen LogP contribution in [0.3, 0.4) is 0 Å². The van der Waals surface area contributed by atoms with Crippen LogP contribution in [0, 0.1) is 0 Å². The molecule has 0 aliphatic heterocycles. The normalized spacial score (nSPS) is 11.8. The molecule has 140 valence electrons. The highest BCUT2D eigenvalue weighted by atomic mass is 16.5. The zero-order valence-corrected chi connectivity index (χ0v) is 15.4. The summed E-state index contributed by atoms with van der Waals surface area (Å²) in [6.07, 6.45) is 1.26. The lowest BCUT2D eigenvalue weighted by molar-refractivity contribution is -0.304. The summed E-state index contributed by atoms with van der Waals surface area (Å²) in [5.74, 6) is 0.0984. The van der Waals surface area contributed by atoms with Crippen LogP contribution in [0.4, 0.5) is 0 Å². The second-order valence-electron chi connectivity index (χ2n) is 6.25. The number of benzene rings is 2. The fourth-order valence-electron chi connectivity index (χ4n) is 2.71. The van der Waals surface area contributed by atoms with Gasteiger partial charge in [-0.05, 0) is 38.1 Å². The quantitative estimate of drug-likeness (QED) is 0.638. The zero-order valence-electron chi connectivity index (χ0n) is 15.4. The lowest BCUT2D eigenvalue weighted by atomic mass is 10.1. The van der Waals surface area contributed by atoms with E-state index in [9.17, 15) is 9.90 Å². The van der Waals surface area contributed by atoms with Crippen LogP contribution < -0.4 is 14.6 Å². The monoisotopic (exact) mass is 366 g/mol. The Balaban J connectivity index is 2.12. The minimum atomic E-state index is -1.22. The Hall–Kier alpha value is -3.28. The first-order valence-electron chi connectivity index (χ1n) is 8.58. The summed E-state index contributed by atoms with van der Waals surface area (Å²) < 4.78 is 17.0. The molecule has 0 amide bonds. The molecule has 0 spiro atoms. The van der Waals surface area contributed by atoms with Gasteiger partial charge in [0.2, 0.25) is 5.89 Å². The molecule has 27 heavy (non-hydrogen) atoms. The van der Waals surface area contributed by atoms with E-state index in [1.54, 1.807) is 37.5 Å². The summed E-state index contributed by atoms with van der Waals surface area (Å²) in [4.78, 5) is 15.7. The predicted molar refractivity (Wildman–Crippen MR) is 100 cm³/mol. The summed E-state index contributed by atoms with van der Waals surface area (Å²) in [5.41, 5.74) is 2.29. The van der Waals surface area contributed by atoms with Crippen molar-refractivity contribution >= 4 is 28.7 Å².